The number of phenolic OH excluding ortho intramolecular Hbond substituents is 1. The summed E-state index contributed by atoms with van der Waals surface area (Å²) >= 11 is 0. The van der Waals surface area contributed by atoms with E-state index < -0.39 is 5.82 Å². The van der Waals surface area contributed by atoms with E-state index in [2.05, 4.69) is 0 Å². The largest absolute Gasteiger partial charge is 0.504 e. The standard InChI is InChI=1S/C11H15FO3/c1-6-4-8(7(2)5-13)9(12)11(15-3)10(6)14/h4,7,13-14H,5H2,1-3H3. The second-order valence-corrected chi connectivity index (χ2v) is 3.56. The van der Waals surface area contributed by atoms with Crippen LogP contribution in [0.5, 0.6) is 11.5 Å². The van der Waals surface area contributed by atoms with Crippen molar-refractivity contribution in [3.8, 4) is 11.5 Å². The van der Waals surface area contributed by atoms with E-state index in [1.165, 1.54) is 13.2 Å². The van der Waals surface area contributed by atoms with Crippen LogP contribution in [0.1, 0.15) is 24.0 Å². The third-order valence-electron chi connectivity index (χ3n) is 2.42. The molecule has 1 aromatic carbocycles. The van der Waals surface area contributed by atoms with E-state index in [9.17, 15) is 9.50 Å². The molecule has 84 valence electrons. The molecule has 1 rings (SSSR count). The second kappa shape index (κ2) is 4.49. The van der Waals surface area contributed by atoms with Gasteiger partial charge in [0.05, 0.1) is 7.11 Å². The van der Waals surface area contributed by atoms with E-state index in [-0.39, 0.29) is 24.0 Å². The van der Waals surface area contributed by atoms with Crippen LogP contribution in [0.2, 0.25) is 0 Å². The first-order chi connectivity index (χ1) is 7.02. The Morgan fingerprint density at radius 2 is 2.13 bits per heavy atom. The number of aryl methyl sites for hydroxylation is 1. The molecule has 0 bridgehead atoms. The highest BCUT2D eigenvalue weighted by atomic mass is 19.1. The van der Waals surface area contributed by atoms with E-state index in [4.69, 9.17) is 9.84 Å². The number of aliphatic hydroxyl groups is 1. The zero-order valence-electron chi connectivity index (χ0n) is 9.04. The Labute approximate surface area is 88.1 Å². The van der Waals surface area contributed by atoms with Crippen LogP contribution < -0.4 is 4.74 Å². The van der Waals surface area contributed by atoms with Crippen LogP contribution in [0.3, 0.4) is 0 Å². The first-order valence-corrected chi connectivity index (χ1v) is 4.69. The van der Waals surface area contributed by atoms with Crippen molar-refractivity contribution in [3.63, 3.8) is 0 Å². The number of halogens is 1. The summed E-state index contributed by atoms with van der Waals surface area (Å²) in [5, 5.41) is 18.5. The topological polar surface area (TPSA) is 49.7 Å². The van der Waals surface area contributed by atoms with E-state index >= 15 is 0 Å². The van der Waals surface area contributed by atoms with Gasteiger partial charge in [0.25, 0.3) is 0 Å². The predicted molar refractivity (Wildman–Crippen MR) is 54.9 cm³/mol. The number of benzene rings is 1. The third-order valence-corrected chi connectivity index (χ3v) is 2.42. The lowest BCUT2D eigenvalue weighted by Crippen LogP contribution is -2.04. The number of hydrogen-bond acceptors (Lipinski definition) is 3. The monoisotopic (exact) mass is 214 g/mol. The Kier molecular flexibility index (Phi) is 3.52. The van der Waals surface area contributed by atoms with Crippen molar-refractivity contribution >= 4 is 0 Å². The molecule has 0 fully saturated rings. The molecular formula is C11H15FO3. The SMILES string of the molecule is COc1c(O)c(C)cc(C(C)CO)c1F. The molecule has 0 saturated carbocycles. The fourth-order valence-electron chi connectivity index (χ4n) is 1.42. The predicted octanol–water partition coefficient (Wildman–Crippen LogP) is 1.94. The Morgan fingerprint density at radius 3 is 2.60 bits per heavy atom. The number of hydrogen-bond donors (Lipinski definition) is 2. The first-order valence-electron chi connectivity index (χ1n) is 4.69. The second-order valence-electron chi connectivity index (χ2n) is 3.56. The summed E-state index contributed by atoms with van der Waals surface area (Å²) in [5.74, 6) is -1.28. The van der Waals surface area contributed by atoms with Gasteiger partial charge in [-0.2, -0.15) is 0 Å². The fraction of sp³-hybridized carbons (Fsp3) is 0.455. The fourth-order valence-corrected chi connectivity index (χ4v) is 1.42. The van der Waals surface area contributed by atoms with Crippen LogP contribution in [-0.2, 0) is 0 Å². The summed E-state index contributed by atoms with van der Waals surface area (Å²) in [5.41, 5.74) is 0.883. The highest BCUT2D eigenvalue weighted by Crippen LogP contribution is 2.36. The minimum absolute atomic E-state index is 0.149. The van der Waals surface area contributed by atoms with Gasteiger partial charge < -0.3 is 14.9 Å². The lowest BCUT2D eigenvalue weighted by Gasteiger charge is -2.15. The number of ether oxygens (including phenoxy) is 1. The lowest BCUT2D eigenvalue weighted by atomic mass is 9.98. The molecule has 0 saturated heterocycles. The van der Waals surface area contributed by atoms with Crippen molar-refractivity contribution in [1.29, 1.82) is 0 Å². The number of phenols is 1. The highest BCUT2D eigenvalue weighted by Gasteiger charge is 2.19. The molecule has 15 heavy (non-hydrogen) atoms. The summed E-state index contributed by atoms with van der Waals surface area (Å²) in [6.45, 7) is 3.21. The van der Waals surface area contributed by atoms with Crippen LogP contribution in [-0.4, -0.2) is 23.9 Å². The molecule has 0 aliphatic heterocycles. The van der Waals surface area contributed by atoms with Crippen LogP contribution in [0.4, 0.5) is 4.39 Å². The highest BCUT2D eigenvalue weighted by molar-refractivity contribution is 5.50. The van der Waals surface area contributed by atoms with Gasteiger partial charge in [0.15, 0.2) is 17.3 Å². The van der Waals surface area contributed by atoms with Crippen molar-refractivity contribution in [2.24, 2.45) is 0 Å². The van der Waals surface area contributed by atoms with Crippen molar-refractivity contribution in [1.82, 2.24) is 0 Å². The van der Waals surface area contributed by atoms with Gasteiger partial charge in [0.1, 0.15) is 0 Å². The maximum absolute atomic E-state index is 13.8. The molecule has 3 nitrogen and oxygen atoms in total. The zero-order chi connectivity index (χ0) is 11.6. The van der Waals surface area contributed by atoms with E-state index in [0.717, 1.165) is 0 Å². The van der Waals surface area contributed by atoms with Gasteiger partial charge >= 0.3 is 0 Å². The summed E-state index contributed by atoms with van der Waals surface area (Å²) < 4.78 is 18.5. The first kappa shape index (κ1) is 11.8. The van der Waals surface area contributed by atoms with Gasteiger partial charge in [-0.1, -0.05) is 6.92 Å². The van der Waals surface area contributed by atoms with Gasteiger partial charge in [0.2, 0.25) is 0 Å². The van der Waals surface area contributed by atoms with Gasteiger partial charge in [-0.25, -0.2) is 4.39 Å². The molecule has 0 aromatic heterocycles. The molecule has 1 aromatic rings. The zero-order valence-corrected chi connectivity index (χ0v) is 9.04. The Morgan fingerprint density at radius 1 is 1.53 bits per heavy atom. The molecule has 0 aliphatic carbocycles. The molecule has 4 heteroatoms. The van der Waals surface area contributed by atoms with Crippen molar-refractivity contribution in [2.45, 2.75) is 19.8 Å². The summed E-state index contributed by atoms with van der Waals surface area (Å²) in [6, 6.07) is 1.52. The summed E-state index contributed by atoms with van der Waals surface area (Å²) in [6.07, 6.45) is 0. The molecule has 0 spiro atoms. The molecule has 0 aliphatic rings. The Balaban J connectivity index is 3.36. The maximum atomic E-state index is 13.8. The minimum Gasteiger partial charge on any atom is -0.504 e. The van der Waals surface area contributed by atoms with Crippen LogP contribution in [0.15, 0.2) is 6.07 Å². The van der Waals surface area contributed by atoms with Crippen molar-refractivity contribution < 1.29 is 19.3 Å². The van der Waals surface area contributed by atoms with Crippen molar-refractivity contribution in [2.75, 3.05) is 13.7 Å². The summed E-state index contributed by atoms with van der Waals surface area (Å²) in [7, 11) is 1.30. The smallest absolute Gasteiger partial charge is 0.197 e. The van der Waals surface area contributed by atoms with Gasteiger partial charge in [0, 0.05) is 12.5 Å². The minimum atomic E-state index is -0.609. The third kappa shape index (κ3) is 2.04. The number of methoxy groups -OCH3 is 1. The van der Waals surface area contributed by atoms with Crippen LogP contribution in [0.25, 0.3) is 0 Å². The average molecular weight is 214 g/mol. The van der Waals surface area contributed by atoms with Gasteiger partial charge in [-0.15, -0.1) is 0 Å². The lowest BCUT2D eigenvalue weighted by molar-refractivity contribution is 0.268. The van der Waals surface area contributed by atoms with Crippen molar-refractivity contribution in [3.05, 3.63) is 23.0 Å². The molecular weight excluding hydrogens is 199 g/mol. The quantitative estimate of drug-likeness (QED) is 0.808. The van der Waals surface area contributed by atoms with E-state index in [0.29, 0.717) is 11.1 Å². The molecule has 0 heterocycles. The summed E-state index contributed by atoms with van der Waals surface area (Å²) in [4.78, 5) is 0. The van der Waals surface area contributed by atoms with E-state index in [1.807, 2.05) is 0 Å². The van der Waals surface area contributed by atoms with Gasteiger partial charge in [-0.3, -0.25) is 0 Å². The maximum Gasteiger partial charge on any atom is 0.197 e. The number of aliphatic hydroxyl groups excluding tert-OH is 1. The molecule has 0 radical (unpaired) electrons. The van der Waals surface area contributed by atoms with Crippen LogP contribution in [0, 0.1) is 12.7 Å². The average Bonchev–Trinajstić information content (AvgIpc) is 2.23. The molecule has 0 amide bonds. The molecule has 1 atom stereocenters. The molecule has 1 unspecified atom stereocenters. The number of rotatable bonds is 3. The Bertz CT molecular complexity index is 363. The molecule has 2 N–H and O–H groups in total. The normalized spacial score (nSPS) is 12.6. The van der Waals surface area contributed by atoms with Gasteiger partial charge in [-0.05, 0) is 24.1 Å². The number of aromatic hydroxyl groups is 1. The van der Waals surface area contributed by atoms with E-state index in [1.54, 1.807) is 13.8 Å². The Hall–Kier alpha value is -1.29. The van der Waals surface area contributed by atoms with Crippen LogP contribution >= 0.6 is 0 Å².